The van der Waals surface area contributed by atoms with Crippen LogP contribution in [0.15, 0.2) is 71.9 Å². The van der Waals surface area contributed by atoms with Crippen LogP contribution in [0, 0.1) is 22.9 Å². The SMILES string of the molecule is CCOc1cc([C@H](C[N+](=O)[O-])Sc2nnc(C)n2-c2ccccc2)cc(Cl)c1OCc1cccc(F)c1. The zero-order chi connectivity index (χ0) is 26.4. The number of hydrogen-bond acceptors (Lipinski definition) is 7. The molecule has 4 rings (SSSR count). The third-order valence-electron chi connectivity index (χ3n) is 5.35. The minimum atomic E-state index is -0.643. The van der Waals surface area contributed by atoms with E-state index >= 15 is 0 Å². The Morgan fingerprint density at radius 3 is 2.59 bits per heavy atom. The number of ether oxygens (including phenoxy) is 2. The minimum Gasteiger partial charge on any atom is -0.490 e. The van der Waals surface area contributed by atoms with Crippen LogP contribution >= 0.6 is 23.4 Å². The lowest BCUT2D eigenvalue weighted by molar-refractivity contribution is -0.479. The number of para-hydroxylation sites is 1. The maximum Gasteiger partial charge on any atom is 0.220 e. The van der Waals surface area contributed by atoms with Gasteiger partial charge in [-0.3, -0.25) is 14.7 Å². The number of thioether (sulfide) groups is 1. The molecular weight excluding hydrogens is 519 g/mol. The maximum absolute atomic E-state index is 13.6. The van der Waals surface area contributed by atoms with Crippen molar-refractivity contribution in [2.45, 2.75) is 30.9 Å². The van der Waals surface area contributed by atoms with Gasteiger partial charge in [0.2, 0.25) is 6.54 Å². The molecule has 37 heavy (non-hydrogen) atoms. The molecule has 1 atom stereocenters. The van der Waals surface area contributed by atoms with Gasteiger partial charge < -0.3 is 9.47 Å². The summed E-state index contributed by atoms with van der Waals surface area (Å²) in [5.74, 6) is 0.911. The molecule has 0 N–H and O–H groups in total. The number of aromatic nitrogens is 3. The summed E-state index contributed by atoms with van der Waals surface area (Å²) in [7, 11) is 0. The Balaban J connectivity index is 1.67. The fraction of sp³-hybridized carbons (Fsp3) is 0.231. The molecule has 0 aliphatic rings. The molecule has 1 aromatic heterocycles. The Labute approximate surface area is 222 Å². The van der Waals surface area contributed by atoms with Crippen molar-refractivity contribution in [3.8, 4) is 17.2 Å². The molecule has 0 unspecified atom stereocenters. The Bertz CT molecular complexity index is 1390. The second kappa shape index (κ2) is 12.1. The highest BCUT2D eigenvalue weighted by Crippen LogP contribution is 2.43. The van der Waals surface area contributed by atoms with Crippen LogP contribution in [0.3, 0.4) is 0 Å². The number of hydrogen-bond donors (Lipinski definition) is 0. The first-order chi connectivity index (χ1) is 17.9. The molecule has 0 aliphatic heterocycles. The third-order valence-corrected chi connectivity index (χ3v) is 6.81. The molecule has 0 saturated heterocycles. The number of nitrogens with zero attached hydrogens (tertiary/aromatic N) is 4. The Morgan fingerprint density at radius 2 is 1.89 bits per heavy atom. The molecule has 3 aromatic carbocycles. The van der Waals surface area contributed by atoms with Crippen LogP contribution in [-0.4, -0.2) is 32.8 Å². The van der Waals surface area contributed by atoms with Crippen molar-refractivity contribution >= 4 is 23.4 Å². The van der Waals surface area contributed by atoms with Crippen molar-refractivity contribution in [3.05, 3.63) is 105 Å². The highest BCUT2D eigenvalue weighted by atomic mass is 35.5. The molecule has 4 aromatic rings. The van der Waals surface area contributed by atoms with Gasteiger partial charge in [-0.05, 0) is 61.4 Å². The van der Waals surface area contributed by atoms with Gasteiger partial charge in [-0.15, -0.1) is 10.2 Å². The highest BCUT2D eigenvalue weighted by Gasteiger charge is 2.26. The smallest absolute Gasteiger partial charge is 0.220 e. The molecule has 0 fully saturated rings. The molecule has 0 bridgehead atoms. The molecule has 0 radical (unpaired) electrons. The highest BCUT2D eigenvalue weighted by molar-refractivity contribution is 7.99. The summed E-state index contributed by atoms with van der Waals surface area (Å²) in [6, 6.07) is 18.9. The number of aryl methyl sites for hydroxylation is 1. The van der Waals surface area contributed by atoms with Crippen molar-refractivity contribution in [1.82, 2.24) is 14.8 Å². The largest absolute Gasteiger partial charge is 0.490 e. The lowest BCUT2D eigenvalue weighted by atomic mass is 10.1. The molecular formula is C26H24ClFN4O4S. The van der Waals surface area contributed by atoms with E-state index in [2.05, 4.69) is 10.2 Å². The quantitative estimate of drug-likeness (QED) is 0.122. The molecule has 0 amide bonds. The molecule has 11 heteroatoms. The molecule has 0 saturated carbocycles. The van der Waals surface area contributed by atoms with E-state index in [0.717, 1.165) is 5.69 Å². The first kappa shape index (κ1) is 26.4. The van der Waals surface area contributed by atoms with Gasteiger partial charge in [-0.1, -0.05) is 53.7 Å². The standard InChI is InChI=1S/C26H24ClFN4O4S/c1-3-35-23-14-19(13-22(27)25(23)36-16-18-8-7-9-20(28)12-18)24(15-31(33)34)37-26-30-29-17(2)32(26)21-10-5-4-6-11-21/h4-14,24H,3,15-16H2,1-2H3/t24-/m0/s1. The summed E-state index contributed by atoms with van der Waals surface area (Å²) >= 11 is 7.81. The van der Waals surface area contributed by atoms with Gasteiger partial charge in [-0.25, -0.2) is 4.39 Å². The van der Waals surface area contributed by atoms with Crippen LogP contribution in [0.25, 0.3) is 5.69 Å². The van der Waals surface area contributed by atoms with E-state index in [0.29, 0.717) is 34.5 Å². The summed E-state index contributed by atoms with van der Waals surface area (Å²) in [5.41, 5.74) is 2.05. The van der Waals surface area contributed by atoms with Crippen LogP contribution < -0.4 is 9.47 Å². The lowest BCUT2D eigenvalue weighted by Crippen LogP contribution is -2.12. The van der Waals surface area contributed by atoms with Crippen molar-refractivity contribution < 1.29 is 18.8 Å². The van der Waals surface area contributed by atoms with E-state index in [1.807, 2.05) is 48.7 Å². The minimum absolute atomic E-state index is 0.0729. The normalized spacial score (nSPS) is 11.8. The number of nitro groups is 1. The van der Waals surface area contributed by atoms with Crippen molar-refractivity contribution in [1.29, 1.82) is 0 Å². The summed E-state index contributed by atoms with van der Waals surface area (Å²) < 4.78 is 27.1. The lowest BCUT2D eigenvalue weighted by Gasteiger charge is -2.19. The van der Waals surface area contributed by atoms with Crippen molar-refractivity contribution in [3.63, 3.8) is 0 Å². The van der Waals surface area contributed by atoms with E-state index in [1.54, 1.807) is 24.3 Å². The predicted molar refractivity (Wildman–Crippen MR) is 140 cm³/mol. The van der Waals surface area contributed by atoms with E-state index in [4.69, 9.17) is 21.1 Å². The number of benzene rings is 3. The number of rotatable bonds is 11. The van der Waals surface area contributed by atoms with E-state index in [9.17, 15) is 14.5 Å². The molecule has 1 heterocycles. The zero-order valence-electron chi connectivity index (χ0n) is 20.1. The molecule has 192 valence electrons. The zero-order valence-corrected chi connectivity index (χ0v) is 21.7. The van der Waals surface area contributed by atoms with Crippen LogP contribution in [0.5, 0.6) is 11.5 Å². The van der Waals surface area contributed by atoms with Crippen LogP contribution in [-0.2, 0) is 6.61 Å². The van der Waals surface area contributed by atoms with Gasteiger partial charge in [0.1, 0.15) is 23.5 Å². The first-order valence-corrected chi connectivity index (χ1v) is 12.7. The fourth-order valence-electron chi connectivity index (χ4n) is 3.73. The summed E-state index contributed by atoms with van der Waals surface area (Å²) in [4.78, 5) is 11.2. The number of halogens is 2. The van der Waals surface area contributed by atoms with Gasteiger partial charge in [0.25, 0.3) is 0 Å². The van der Waals surface area contributed by atoms with E-state index < -0.39 is 5.25 Å². The second-order valence-electron chi connectivity index (χ2n) is 8.00. The maximum atomic E-state index is 13.6. The molecule has 0 aliphatic carbocycles. The van der Waals surface area contributed by atoms with Gasteiger partial charge in [0.05, 0.1) is 11.6 Å². The Hall–Kier alpha value is -3.63. The monoisotopic (exact) mass is 542 g/mol. The summed E-state index contributed by atoms with van der Waals surface area (Å²) in [6.07, 6.45) is 0. The van der Waals surface area contributed by atoms with Crippen LogP contribution in [0.1, 0.15) is 29.1 Å². The van der Waals surface area contributed by atoms with Crippen LogP contribution in [0.4, 0.5) is 4.39 Å². The third kappa shape index (κ3) is 6.58. The predicted octanol–water partition coefficient (Wildman–Crippen LogP) is 6.46. The summed E-state index contributed by atoms with van der Waals surface area (Å²) in [5, 5.41) is 20.2. The van der Waals surface area contributed by atoms with E-state index in [-0.39, 0.29) is 34.7 Å². The van der Waals surface area contributed by atoms with Crippen LogP contribution in [0.2, 0.25) is 5.02 Å². The average Bonchev–Trinajstić information content (AvgIpc) is 3.23. The molecule has 0 spiro atoms. The van der Waals surface area contributed by atoms with Crippen molar-refractivity contribution in [2.75, 3.05) is 13.2 Å². The van der Waals surface area contributed by atoms with Gasteiger partial charge in [-0.2, -0.15) is 0 Å². The van der Waals surface area contributed by atoms with Gasteiger partial charge >= 0.3 is 0 Å². The summed E-state index contributed by atoms with van der Waals surface area (Å²) in [6.45, 7) is 3.65. The van der Waals surface area contributed by atoms with Gasteiger partial charge in [0.15, 0.2) is 16.7 Å². The molecule has 8 nitrogen and oxygen atoms in total. The second-order valence-corrected chi connectivity index (χ2v) is 9.58. The Morgan fingerprint density at radius 1 is 1.11 bits per heavy atom. The topological polar surface area (TPSA) is 92.3 Å². The van der Waals surface area contributed by atoms with Crippen molar-refractivity contribution in [2.24, 2.45) is 0 Å². The fourth-order valence-corrected chi connectivity index (χ4v) is 5.15. The van der Waals surface area contributed by atoms with Gasteiger partial charge in [0, 0.05) is 10.6 Å². The average molecular weight is 543 g/mol. The van der Waals surface area contributed by atoms with E-state index in [1.165, 1.54) is 23.9 Å². The first-order valence-electron chi connectivity index (χ1n) is 11.4. The Kier molecular flexibility index (Phi) is 8.62.